The second kappa shape index (κ2) is 13.0. The van der Waals surface area contributed by atoms with E-state index in [4.69, 9.17) is 25.4 Å². The lowest BCUT2D eigenvalue weighted by molar-refractivity contribution is -0.133. The lowest BCUT2D eigenvalue weighted by Gasteiger charge is -2.19. The molecule has 0 spiro atoms. The molecule has 0 saturated heterocycles. The van der Waals surface area contributed by atoms with Gasteiger partial charge < -0.3 is 25.3 Å². The molecule has 3 aromatic rings. The van der Waals surface area contributed by atoms with Gasteiger partial charge in [0.2, 0.25) is 0 Å². The van der Waals surface area contributed by atoms with Gasteiger partial charge >= 0.3 is 6.09 Å². The Balaban J connectivity index is 1.74. The van der Waals surface area contributed by atoms with Crippen LogP contribution in [-0.4, -0.2) is 31.6 Å². The summed E-state index contributed by atoms with van der Waals surface area (Å²) in [7, 11) is 1.42. The zero-order valence-electron chi connectivity index (χ0n) is 20.5. The van der Waals surface area contributed by atoms with E-state index >= 15 is 0 Å². The minimum absolute atomic E-state index is 0.0212. The highest BCUT2D eigenvalue weighted by Gasteiger charge is 2.25. The number of amides is 2. The number of anilines is 1. The molecular weight excluding hydrogens is 479 g/mol. The van der Waals surface area contributed by atoms with Gasteiger partial charge in [-0.15, -0.1) is 0 Å². The summed E-state index contributed by atoms with van der Waals surface area (Å²) in [6.45, 7) is 1.92. The van der Waals surface area contributed by atoms with Crippen LogP contribution in [0.1, 0.15) is 35.3 Å². The van der Waals surface area contributed by atoms with E-state index in [1.807, 2.05) is 30.3 Å². The number of nitrogens with two attached hydrogens (primary N) is 1. The summed E-state index contributed by atoms with van der Waals surface area (Å²) in [6, 6.07) is 18.1. The summed E-state index contributed by atoms with van der Waals surface area (Å²) in [6.07, 6.45) is -1.91. The van der Waals surface area contributed by atoms with Crippen LogP contribution >= 0.6 is 0 Å². The van der Waals surface area contributed by atoms with Crippen LogP contribution in [0.4, 0.5) is 14.9 Å². The van der Waals surface area contributed by atoms with Gasteiger partial charge in [0.25, 0.3) is 5.91 Å². The number of nitrogen functional groups attached to an aromatic ring is 1. The zero-order valence-corrected chi connectivity index (χ0v) is 20.5. The lowest BCUT2D eigenvalue weighted by Crippen LogP contribution is -2.31. The maximum absolute atomic E-state index is 14.6. The third kappa shape index (κ3) is 7.52. The molecule has 0 radical (unpaired) electrons. The van der Waals surface area contributed by atoms with Crippen LogP contribution in [0.2, 0.25) is 0 Å². The van der Waals surface area contributed by atoms with Gasteiger partial charge in [0.1, 0.15) is 24.0 Å². The Bertz CT molecular complexity index is 1250. The first kappa shape index (κ1) is 27.2. The van der Waals surface area contributed by atoms with E-state index in [1.54, 1.807) is 25.1 Å². The average Bonchev–Trinajstić information content (AvgIpc) is 2.90. The Labute approximate surface area is 214 Å². The van der Waals surface area contributed by atoms with E-state index in [1.165, 1.54) is 25.3 Å². The van der Waals surface area contributed by atoms with E-state index in [9.17, 15) is 14.0 Å². The first-order valence-corrected chi connectivity index (χ1v) is 11.5. The van der Waals surface area contributed by atoms with Gasteiger partial charge in [0.05, 0.1) is 7.11 Å². The van der Waals surface area contributed by atoms with Gasteiger partial charge in [-0.05, 0) is 36.2 Å². The molecule has 0 fully saturated rings. The second-order valence-corrected chi connectivity index (χ2v) is 7.91. The average molecular weight is 509 g/mol. The lowest BCUT2D eigenvalue weighted by atomic mass is 10.1. The molecular formula is C27H29FN4O5. The molecule has 0 aliphatic heterocycles. The van der Waals surface area contributed by atoms with Crippen molar-refractivity contribution < 1.29 is 28.2 Å². The Kier molecular flexibility index (Phi) is 9.56. The first-order chi connectivity index (χ1) is 17.8. The molecule has 0 aliphatic carbocycles. The van der Waals surface area contributed by atoms with Crippen molar-refractivity contribution in [3.8, 4) is 5.75 Å². The van der Waals surface area contributed by atoms with Crippen molar-refractivity contribution >= 4 is 23.5 Å². The SMILES string of the molecule is CCOC(C(=O)NCc1ccc(C(=N)N)cc1NC(=O)OCc1ccccc1)c1ccc(OC)cc1F. The van der Waals surface area contributed by atoms with Gasteiger partial charge in [-0.2, -0.15) is 0 Å². The fourth-order valence-corrected chi connectivity index (χ4v) is 3.48. The number of carbonyl (C=O) groups is 2. The topological polar surface area (TPSA) is 136 Å². The van der Waals surface area contributed by atoms with E-state index in [0.717, 1.165) is 5.56 Å². The summed E-state index contributed by atoms with van der Waals surface area (Å²) >= 11 is 0. The van der Waals surface area contributed by atoms with Crippen LogP contribution in [-0.2, 0) is 27.4 Å². The van der Waals surface area contributed by atoms with Gasteiger partial charge in [0, 0.05) is 36.0 Å². The van der Waals surface area contributed by atoms with Crippen LogP contribution in [0.25, 0.3) is 0 Å². The van der Waals surface area contributed by atoms with Crippen LogP contribution in [0.3, 0.4) is 0 Å². The predicted molar refractivity (Wildman–Crippen MR) is 137 cm³/mol. The van der Waals surface area contributed by atoms with Crippen molar-refractivity contribution in [1.29, 1.82) is 5.41 Å². The smallest absolute Gasteiger partial charge is 0.411 e. The van der Waals surface area contributed by atoms with E-state index in [-0.39, 0.29) is 31.2 Å². The maximum atomic E-state index is 14.6. The number of rotatable bonds is 11. The van der Waals surface area contributed by atoms with Crippen LogP contribution in [0.5, 0.6) is 5.75 Å². The fraction of sp³-hybridized carbons (Fsp3) is 0.222. The van der Waals surface area contributed by atoms with Crippen molar-refractivity contribution in [2.24, 2.45) is 5.73 Å². The molecule has 194 valence electrons. The normalized spacial score (nSPS) is 11.3. The molecule has 0 heterocycles. The standard InChI is InChI=1S/C27H29FN4O5/c1-3-36-24(21-12-11-20(35-2)14-22(21)28)26(33)31-15-19-10-9-18(25(29)30)13-23(19)32-27(34)37-16-17-7-5-4-6-8-17/h4-14,24H,3,15-16H2,1-2H3,(H3,29,30)(H,31,33)(H,32,34). The molecule has 1 unspecified atom stereocenters. The summed E-state index contributed by atoms with van der Waals surface area (Å²) in [4.78, 5) is 25.4. The van der Waals surface area contributed by atoms with Crippen molar-refractivity contribution in [1.82, 2.24) is 5.32 Å². The molecule has 3 aromatic carbocycles. The van der Waals surface area contributed by atoms with Crippen molar-refractivity contribution in [3.05, 3.63) is 94.8 Å². The molecule has 0 aromatic heterocycles. The number of methoxy groups -OCH3 is 1. The number of amidine groups is 1. The Hall–Kier alpha value is -4.44. The second-order valence-electron chi connectivity index (χ2n) is 7.91. The zero-order chi connectivity index (χ0) is 26.8. The molecule has 1 atom stereocenters. The highest BCUT2D eigenvalue weighted by molar-refractivity contribution is 5.97. The summed E-state index contributed by atoms with van der Waals surface area (Å²) in [5, 5.41) is 13.1. The molecule has 0 saturated carbocycles. The van der Waals surface area contributed by atoms with Gasteiger partial charge in [0.15, 0.2) is 6.10 Å². The largest absolute Gasteiger partial charge is 0.497 e. The Morgan fingerprint density at radius 1 is 1.08 bits per heavy atom. The fourth-order valence-electron chi connectivity index (χ4n) is 3.48. The molecule has 37 heavy (non-hydrogen) atoms. The van der Waals surface area contributed by atoms with Gasteiger partial charge in [-0.1, -0.05) is 42.5 Å². The summed E-state index contributed by atoms with van der Waals surface area (Å²) in [5.41, 5.74) is 7.67. The van der Waals surface area contributed by atoms with Crippen LogP contribution in [0, 0.1) is 11.2 Å². The number of hydrogen-bond acceptors (Lipinski definition) is 6. The Morgan fingerprint density at radius 2 is 1.84 bits per heavy atom. The molecule has 2 amide bonds. The number of hydrogen-bond donors (Lipinski definition) is 4. The highest BCUT2D eigenvalue weighted by atomic mass is 19.1. The van der Waals surface area contributed by atoms with Crippen molar-refractivity contribution in [2.75, 3.05) is 19.0 Å². The third-order valence-corrected chi connectivity index (χ3v) is 5.38. The molecule has 10 heteroatoms. The number of carbonyl (C=O) groups excluding carboxylic acids is 2. The molecule has 5 N–H and O–H groups in total. The van der Waals surface area contributed by atoms with E-state index in [0.29, 0.717) is 22.6 Å². The Morgan fingerprint density at radius 3 is 2.49 bits per heavy atom. The number of ether oxygens (including phenoxy) is 3. The van der Waals surface area contributed by atoms with Crippen LogP contribution < -0.4 is 21.1 Å². The molecule has 9 nitrogen and oxygen atoms in total. The molecule has 0 aliphatic rings. The maximum Gasteiger partial charge on any atom is 0.411 e. The first-order valence-electron chi connectivity index (χ1n) is 11.5. The quantitative estimate of drug-likeness (QED) is 0.226. The minimum atomic E-state index is -1.19. The summed E-state index contributed by atoms with van der Waals surface area (Å²) < 4.78 is 30.4. The van der Waals surface area contributed by atoms with E-state index in [2.05, 4.69) is 10.6 Å². The minimum Gasteiger partial charge on any atom is -0.497 e. The molecule has 0 bridgehead atoms. The number of benzene rings is 3. The highest BCUT2D eigenvalue weighted by Crippen LogP contribution is 2.25. The van der Waals surface area contributed by atoms with Gasteiger partial charge in [-0.25, -0.2) is 9.18 Å². The molecule has 3 rings (SSSR count). The summed E-state index contributed by atoms with van der Waals surface area (Å²) in [5.74, 6) is -1.08. The monoisotopic (exact) mass is 508 g/mol. The van der Waals surface area contributed by atoms with Gasteiger partial charge in [-0.3, -0.25) is 15.5 Å². The van der Waals surface area contributed by atoms with Crippen molar-refractivity contribution in [2.45, 2.75) is 26.2 Å². The predicted octanol–water partition coefficient (Wildman–Crippen LogP) is 4.26. The third-order valence-electron chi connectivity index (χ3n) is 5.38. The number of nitrogens with one attached hydrogen (secondary N) is 3. The van der Waals surface area contributed by atoms with E-state index < -0.39 is 23.9 Å². The number of halogens is 1. The van der Waals surface area contributed by atoms with Crippen molar-refractivity contribution in [3.63, 3.8) is 0 Å². The van der Waals surface area contributed by atoms with Crippen LogP contribution in [0.15, 0.2) is 66.7 Å².